The Hall–Kier alpha value is -1.85. The highest BCUT2D eigenvalue weighted by atomic mass is 79.9. The molecule has 0 saturated heterocycles. The Morgan fingerprint density at radius 2 is 1.90 bits per heavy atom. The summed E-state index contributed by atoms with van der Waals surface area (Å²) in [7, 11) is 0. The van der Waals surface area contributed by atoms with Crippen LogP contribution < -0.4 is 5.32 Å². The fourth-order valence-electron chi connectivity index (χ4n) is 1.81. The number of carbonyl (C=O) groups is 2. The molecule has 0 heterocycles. The number of carboxylic acids is 1. The van der Waals surface area contributed by atoms with Crippen molar-refractivity contribution in [2.75, 3.05) is 5.32 Å². The van der Waals surface area contributed by atoms with E-state index < -0.39 is 11.9 Å². The zero-order valence-corrected chi connectivity index (χ0v) is 13.3. The van der Waals surface area contributed by atoms with Gasteiger partial charge in [-0.15, -0.1) is 0 Å². The molecule has 6 heteroatoms. The minimum absolute atomic E-state index is 0.0365. The van der Waals surface area contributed by atoms with Gasteiger partial charge in [-0.2, -0.15) is 0 Å². The lowest BCUT2D eigenvalue weighted by molar-refractivity contribution is 0.0698. The number of carboxylic acid groups (broad SMARTS) is 1. The molecular formula is C15H11BrClNO3. The average molecular weight is 369 g/mol. The molecule has 108 valence electrons. The van der Waals surface area contributed by atoms with Crippen molar-refractivity contribution in [1.29, 1.82) is 0 Å². The third-order valence-electron chi connectivity index (χ3n) is 2.85. The molecule has 0 saturated carbocycles. The standard InChI is InChI=1S/C15H11BrClNO3/c1-8-5-6-12(10(7-8)15(20)21)18-14(19)9-3-2-4-11(16)13(9)17/h2-7H,1H3,(H,18,19)(H,20,21). The second-order valence-corrected chi connectivity index (χ2v) is 5.64. The zero-order valence-electron chi connectivity index (χ0n) is 11.0. The van der Waals surface area contributed by atoms with Crippen LogP contribution in [0.2, 0.25) is 5.02 Å². The van der Waals surface area contributed by atoms with Crippen LogP contribution in [0.4, 0.5) is 5.69 Å². The Labute approximate surface area is 134 Å². The Morgan fingerprint density at radius 1 is 1.19 bits per heavy atom. The van der Waals surface area contributed by atoms with Crippen molar-refractivity contribution in [2.45, 2.75) is 6.92 Å². The van der Waals surface area contributed by atoms with Gasteiger partial charge in [0.15, 0.2) is 0 Å². The Kier molecular flexibility index (Phi) is 4.65. The van der Waals surface area contributed by atoms with E-state index in [4.69, 9.17) is 11.6 Å². The summed E-state index contributed by atoms with van der Waals surface area (Å²) in [6, 6.07) is 9.75. The molecule has 0 bridgehead atoms. The van der Waals surface area contributed by atoms with E-state index in [0.29, 0.717) is 4.47 Å². The van der Waals surface area contributed by atoms with Gasteiger partial charge in [0.2, 0.25) is 0 Å². The van der Waals surface area contributed by atoms with Crippen LogP contribution in [0.25, 0.3) is 0 Å². The molecule has 0 aliphatic rings. The molecule has 0 unspecified atom stereocenters. The van der Waals surface area contributed by atoms with Crippen LogP contribution >= 0.6 is 27.5 Å². The van der Waals surface area contributed by atoms with Gasteiger partial charge in [-0.25, -0.2) is 4.79 Å². The van der Waals surface area contributed by atoms with E-state index in [1.807, 2.05) is 0 Å². The number of hydrogen-bond acceptors (Lipinski definition) is 2. The normalized spacial score (nSPS) is 10.2. The van der Waals surface area contributed by atoms with E-state index in [-0.39, 0.29) is 21.8 Å². The monoisotopic (exact) mass is 367 g/mol. The molecule has 0 radical (unpaired) electrons. The topological polar surface area (TPSA) is 66.4 Å². The predicted octanol–water partition coefficient (Wildman–Crippen LogP) is 4.36. The third kappa shape index (κ3) is 3.43. The van der Waals surface area contributed by atoms with Gasteiger partial charge in [0.25, 0.3) is 5.91 Å². The maximum absolute atomic E-state index is 12.2. The highest BCUT2D eigenvalue weighted by molar-refractivity contribution is 9.10. The van der Waals surface area contributed by atoms with Gasteiger partial charge >= 0.3 is 5.97 Å². The van der Waals surface area contributed by atoms with Gasteiger partial charge in [0.05, 0.1) is 21.8 Å². The lowest BCUT2D eigenvalue weighted by Crippen LogP contribution is -2.15. The van der Waals surface area contributed by atoms with Crippen LogP contribution in [0.3, 0.4) is 0 Å². The number of benzene rings is 2. The van der Waals surface area contributed by atoms with Crippen molar-refractivity contribution in [3.8, 4) is 0 Å². The van der Waals surface area contributed by atoms with Gasteiger partial charge in [-0.1, -0.05) is 29.3 Å². The average Bonchev–Trinajstić information content (AvgIpc) is 2.43. The maximum Gasteiger partial charge on any atom is 0.337 e. The summed E-state index contributed by atoms with van der Waals surface area (Å²) in [6.07, 6.45) is 0. The lowest BCUT2D eigenvalue weighted by atomic mass is 10.1. The minimum Gasteiger partial charge on any atom is -0.478 e. The molecule has 2 rings (SSSR count). The number of carbonyl (C=O) groups excluding carboxylic acids is 1. The molecule has 21 heavy (non-hydrogen) atoms. The van der Waals surface area contributed by atoms with Gasteiger partial charge in [-0.05, 0) is 47.1 Å². The first kappa shape index (κ1) is 15.5. The first-order chi connectivity index (χ1) is 9.90. The van der Waals surface area contributed by atoms with E-state index in [9.17, 15) is 14.7 Å². The molecule has 2 aromatic rings. The zero-order chi connectivity index (χ0) is 15.6. The summed E-state index contributed by atoms with van der Waals surface area (Å²) in [5.74, 6) is -1.57. The van der Waals surface area contributed by atoms with Crippen molar-refractivity contribution in [3.63, 3.8) is 0 Å². The largest absolute Gasteiger partial charge is 0.478 e. The van der Waals surface area contributed by atoms with Crippen LogP contribution in [-0.2, 0) is 0 Å². The molecule has 2 aromatic carbocycles. The van der Waals surface area contributed by atoms with Gasteiger partial charge < -0.3 is 10.4 Å². The fourth-order valence-corrected chi connectivity index (χ4v) is 2.39. The first-order valence-corrected chi connectivity index (χ1v) is 7.16. The molecular weight excluding hydrogens is 358 g/mol. The number of aryl methyl sites for hydroxylation is 1. The number of anilines is 1. The first-order valence-electron chi connectivity index (χ1n) is 5.99. The number of hydrogen-bond donors (Lipinski definition) is 2. The molecule has 1 amide bonds. The van der Waals surface area contributed by atoms with Crippen LogP contribution in [0.1, 0.15) is 26.3 Å². The number of halogens is 2. The second kappa shape index (κ2) is 6.28. The van der Waals surface area contributed by atoms with Crippen LogP contribution in [-0.4, -0.2) is 17.0 Å². The van der Waals surface area contributed by atoms with Crippen molar-refractivity contribution < 1.29 is 14.7 Å². The second-order valence-electron chi connectivity index (χ2n) is 4.41. The van der Waals surface area contributed by atoms with Crippen molar-refractivity contribution in [1.82, 2.24) is 0 Å². The van der Waals surface area contributed by atoms with E-state index in [1.165, 1.54) is 6.07 Å². The Morgan fingerprint density at radius 3 is 2.57 bits per heavy atom. The number of aromatic carboxylic acids is 1. The summed E-state index contributed by atoms with van der Waals surface area (Å²) in [4.78, 5) is 23.5. The smallest absolute Gasteiger partial charge is 0.337 e. The van der Waals surface area contributed by atoms with Crippen LogP contribution in [0.15, 0.2) is 40.9 Å². The minimum atomic E-state index is -1.10. The molecule has 0 aliphatic heterocycles. The highest BCUT2D eigenvalue weighted by Crippen LogP contribution is 2.27. The van der Waals surface area contributed by atoms with Crippen LogP contribution in [0.5, 0.6) is 0 Å². The van der Waals surface area contributed by atoms with Crippen LogP contribution in [0, 0.1) is 6.92 Å². The summed E-state index contributed by atoms with van der Waals surface area (Å²) >= 11 is 9.30. The summed E-state index contributed by atoms with van der Waals surface area (Å²) in [5.41, 5.74) is 1.33. The quantitative estimate of drug-likeness (QED) is 0.846. The van der Waals surface area contributed by atoms with E-state index in [1.54, 1.807) is 37.3 Å². The number of nitrogens with one attached hydrogen (secondary N) is 1. The lowest BCUT2D eigenvalue weighted by Gasteiger charge is -2.10. The predicted molar refractivity (Wildman–Crippen MR) is 85.2 cm³/mol. The summed E-state index contributed by atoms with van der Waals surface area (Å²) in [6.45, 7) is 1.78. The van der Waals surface area contributed by atoms with Crippen molar-refractivity contribution in [3.05, 3.63) is 62.6 Å². The highest BCUT2D eigenvalue weighted by Gasteiger charge is 2.16. The van der Waals surface area contributed by atoms with Crippen molar-refractivity contribution >= 4 is 45.1 Å². The Bertz CT molecular complexity index is 731. The van der Waals surface area contributed by atoms with Gasteiger partial charge in [-0.3, -0.25) is 4.79 Å². The number of amides is 1. The van der Waals surface area contributed by atoms with E-state index >= 15 is 0 Å². The molecule has 0 aliphatic carbocycles. The SMILES string of the molecule is Cc1ccc(NC(=O)c2cccc(Br)c2Cl)c(C(=O)O)c1. The molecule has 0 atom stereocenters. The molecule has 0 spiro atoms. The Balaban J connectivity index is 2.36. The summed E-state index contributed by atoms with van der Waals surface area (Å²) in [5, 5.41) is 12.0. The van der Waals surface area contributed by atoms with Gasteiger partial charge in [0.1, 0.15) is 0 Å². The van der Waals surface area contributed by atoms with Gasteiger partial charge in [0, 0.05) is 4.47 Å². The van der Waals surface area contributed by atoms with Crippen molar-refractivity contribution in [2.24, 2.45) is 0 Å². The molecule has 0 aromatic heterocycles. The fraction of sp³-hybridized carbons (Fsp3) is 0.0667. The van der Waals surface area contributed by atoms with E-state index in [2.05, 4.69) is 21.2 Å². The summed E-state index contributed by atoms with van der Waals surface area (Å²) < 4.78 is 0.596. The maximum atomic E-state index is 12.2. The molecule has 4 nitrogen and oxygen atoms in total. The molecule has 0 fully saturated rings. The van der Waals surface area contributed by atoms with E-state index in [0.717, 1.165) is 5.56 Å². The number of rotatable bonds is 3. The third-order valence-corrected chi connectivity index (χ3v) is 4.15. The molecule has 2 N–H and O–H groups in total.